The Bertz CT molecular complexity index is 525. The van der Waals surface area contributed by atoms with E-state index < -0.39 is 11.8 Å². The van der Waals surface area contributed by atoms with Crippen molar-refractivity contribution < 1.29 is 19.3 Å². The van der Waals surface area contributed by atoms with Gasteiger partial charge < -0.3 is 10.3 Å². The molecule has 2 rings (SSSR count). The summed E-state index contributed by atoms with van der Waals surface area (Å²) in [4.78, 5) is 26.5. The Labute approximate surface area is 134 Å². The number of hydrogen-bond acceptors (Lipinski definition) is 6. The van der Waals surface area contributed by atoms with Crippen LogP contribution in [0, 0.1) is 5.92 Å². The SMILES string of the molecule is NC(=O)c1noc([C@@H](CCCC2CCCCC2)CC(=O)NO)n1. The molecule has 1 heterocycles. The van der Waals surface area contributed by atoms with Gasteiger partial charge in [0.05, 0.1) is 0 Å². The number of nitrogens with zero attached hydrogens (tertiary/aromatic N) is 2. The topological polar surface area (TPSA) is 131 Å². The van der Waals surface area contributed by atoms with Crippen LogP contribution in [0.25, 0.3) is 0 Å². The van der Waals surface area contributed by atoms with Gasteiger partial charge in [0.2, 0.25) is 11.8 Å². The Balaban J connectivity index is 1.92. The first-order valence-corrected chi connectivity index (χ1v) is 8.16. The zero-order chi connectivity index (χ0) is 16.7. The summed E-state index contributed by atoms with van der Waals surface area (Å²) < 4.78 is 5.05. The third kappa shape index (κ3) is 5.31. The summed E-state index contributed by atoms with van der Waals surface area (Å²) >= 11 is 0. The molecule has 128 valence electrons. The summed E-state index contributed by atoms with van der Waals surface area (Å²) in [6, 6.07) is 0. The standard InChI is InChI=1S/C15H24N4O4/c16-13(21)14-17-15(23-19-14)11(9-12(20)18-22)8-4-7-10-5-2-1-3-6-10/h10-11,22H,1-9H2,(H2,16,21)(H,18,20)/t11-/m0/s1. The van der Waals surface area contributed by atoms with Crippen LogP contribution in [0.4, 0.5) is 0 Å². The van der Waals surface area contributed by atoms with Crippen LogP contribution in [-0.2, 0) is 4.79 Å². The van der Waals surface area contributed by atoms with E-state index in [9.17, 15) is 9.59 Å². The number of carbonyl (C=O) groups excluding carboxylic acids is 2. The summed E-state index contributed by atoms with van der Waals surface area (Å²) in [6.07, 6.45) is 9.22. The number of aromatic nitrogens is 2. The summed E-state index contributed by atoms with van der Waals surface area (Å²) in [5, 5.41) is 12.2. The Morgan fingerprint density at radius 2 is 2.09 bits per heavy atom. The number of nitrogens with one attached hydrogen (secondary N) is 1. The highest BCUT2D eigenvalue weighted by Gasteiger charge is 2.24. The van der Waals surface area contributed by atoms with Gasteiger partial charge in [-0.2, -0.15) is 4.98 Å². The van der Waals surface area contributed by atoms with Crippen LogP contribution < -0.4 is 11.2 Å². The number of carbonyl (C=O) groups is 2. The number of amides is 2. The van der Waals surface area contributed by atoms with Gasteiger partial charge in [-0.05, 0) is 12.3 Å². The minimum atomic E-state index is -0.771. The molecule has 0 bridgehead atoms. The van der Waals surface area contributed by atoms with Gasteiger partial charge in [-0.15, -0.1) is 0 Å². The first-order chi connectivity index (χ1) is 11.1. The average Bonchev–Trinajstić information content (AvgIpc) is 3.05. The molecule has 23 heavy (non-hydrogen) atoms. The van der Waals surface area contributed by atoms with Crippen molar-refractivity contribution in [2.45, 2.75) is 63.7 Å². The maximum atomic E-state index is 11.5. The van der Waals surface area contributed by atoms with E-state index in [1.54, 1.807) is 5.48 Å². The van der Waals surface area contributed by atoms with E-state index in [-0.39, 0.29) is 24.1 Å². The number of hydrogen-bond donors (Lipinski definition) is 3. The van der Waals surface area contributed by atoms with Crippen LogP contribution in [0.1, 0.15) is 80.2 Å². The molecule has 0 aliphatic heterocycles. The molecule has 4 N–H and O–H groups in total. The maximum absolute atomic E-state index is 11.5. The third-order valence-electron chi connectivity index (χ3n) is 4.46. The lowest BCUT2D eigenvalue weighted by molar-refractivity contribution is -0.129. The van der Waals surface area contributed by atoms with E-state index in [4.69, 9.17) is 15.5 Å². The van der Waals surface area contributed by atoms with Gasteiger partial charge in [-0.25, -0.2) is 5.48 Å². The van der Waals surface area contributed by atoms with Gasteiger partial charge in [0.1, 0.15) is 0 Å². The van der Waals surface area contributed by atoms with Gasteiger partial charge in [0, 0.05) is 12.3 Å². The molecule has 8 nitrogen and oxygen atoms in total. The minimum Gasteiger partial charge on any atom is -0.363 e. The minimum absolute atomic E-state index is 0.0293. The lowest BCUT2D eigenvalue weighted by Gasteiger charge is -2.22. The van der Waals surface area contributed by atoms with Crippen molar-refractivity contribution in [3.63, 3.8) is 0 Å². The van der Waals surface area contributed by atoms with E-state index in [2.05, 4.69) is 10.1 Å². The normalized spacial score (nSPS) is 16.9. The van der Waals surface area contributed by atoms with E-state index in [0.29, 0.717) is 6.42 Å². The van der Waals surface area contributed by atoms with Crippen LogP contribution in [-0.4, -0.2) is 27.2 Å². The van der Waals surface area contributed by atoms with Gasteiger partial charge in [0.15, 0.2) is 0 Å². The van der Waals surface area contributed by atoms with Crippen molar-refractivity contribution in [3.8, 4) is 0 Å². The quantitative estimate of drug-likeness (QED) is 0.494. The molecule has 1 fully saturated rings. The predicted octanol–water partition coefficient (Wildman–Crippen LogP) is 1.90. The fourth-order valence-electron chi connectivity index (χ4n) is 3.21. The van der Waals surface area contributed by atoms with Gasteiger partial charge in [-0.1, -0.05) is 50.1 Å². The van der Waals surface area contributed by atoms with E-state index in [1.807, 2.05) is 0 Å². The Hall–Kier alpha value is -1.96. The van der Waals surface area contributed by atoms with Crippen LogP contribution in [0.3, 0.4) is 0 Å². The van der Waals surface area contributed by atoms with Crippen molar-refractivity contribution in [1.82, 2.24) is 15.6 Å². The van der Waals surface area contributed by atoms with Crippen LogP contribution in [0.15, 0.2) is 4.52 Å². The molecule has 1 aromatic heterocycles. The van der Waals surface area contributed by atoms with Gasteiger partial charge >= 0.3 is 0 Å². The molecule has 1 saturated carbocycles. The number of hydroxylamine groups is 1. The zero-order valence-corrected chi connectivity index (χ0v) is 13.2. The Morgan fingerprint density at radius 3 is 2.70 bits per heavy atom. The van der Waals surface area contributed by atoms with E-state index >= 15 is 0 Å². The fraction of sp³-hybridized carbons (Fsp3) is 0.733. The first kappa shape index (κ1) is 17.4. The summed E-state index contributed by atoms with van der Waals surface area (Å²) in [5.74, 6) is -0.849. The highest BCUT2D eigenvalue weighted by molar-refractivity contribution is 5.88. The van der Waals surface area contributed by atoms with Crippen molar-refractivity contribution >= 4 is 11.8 Å². The molecular weight excluding hydrogens is 300 g/mol. The number of primary amides is 1. The van der Waals surface area contributed by atoms with Crippen LogP contribution >= 0.6 is 0 Å². The van der Waals surface area contributed by atoms with Crippen LogP contribution in [0.2, 0.25) is 0 Å². The summed E-state index contributed by atoms with van der Waals surface area (Å²) in [5.41, 5.74) is 6.72. The first-order valence-electron chi connectivity index (χ1n) is 8.16. The second-order valence-corrected chi connectivity index (χ2v) is 6.19. The smallest absolute Gasteiger partial charge is 0.290 e. The molecule has 1 aliphatic rings. The summed E-state index contributed by atoms with van der Waals surface area (Å²) in [6.45, 7) is 0. The van der Waals surface area contributed by atoms with E-state index in [0.717, 1.165) is 18.8 Å². The Kier molecular flexibility index (Phi) is 6.52. The predicted molar refractivity (Wildman–Crippen MR) is 80.5 cm³/mol. The summed E-state index contributed by atoms with van der Waals surface area (Å²) in [7, 11) is 0. The molecule has 0 radical (unpaired) electrons. The molecule has 2 amide bonds. The Morgan fingerprint density at radius 1 is 1.35 bits per heavy atom. The van der Waals surface area contributed by atoms with Gasteiger partial charge in [0.25, 0.3) is 11.7 Å². The molecule has 8 heteroatoms. The monoisotopic (exact) mass is 324 g/mol. The molecule has 0 unspecified atom stereocenters. The highest BCUT2D eigenvalue weighted by atomic mass is 16.5. The molecule has 0 spiro atoms. The molecule has 1 aliphatic carbocycles. The zero-order valence-electron chi connectivity index (χ0n) is 13.2. The molecular formula is C15H24N4O4. The molecule has 1 aromatic rings. The fourth-order valence-corrected chi connectivity index (χ4v) is 3.21. The maximum Gasteiger partial charge on any atom is 0.290 e. The van der Waals surface area contributed by atoms with Crippen molar-refractivity contribution in [1.29, 1.82) is 0 Å². The van der Waals surface area contributed by atoms with Crippen molar-refractivity contribution in [2.75, 3.05) is 0 Å². The second kappa shape index (κ2) is 8.61. The molecule has 0 saturated heterocycles. The highest BCUT2D eigenvalue weighted by Crippen LogP contribution is 2.30. The van der Waals surface area contributed by atoms with E-state index in [1.165, 1.54) is 32.1 Å². The number of nitrogens with two attached hydrogens (primary N) is 1. The van der Waals surface area contributed by atoms with Crippen LogP contribution in [0.5, 0.6) is 0 Å². The lowest BCUT2D eigenvalue weighted by atomic mass is 9.84. The lowest BCUT2D eigenvalue weighted by Crippen LogP contribution is -2.21. The van der Waals surface area contributed by atoms with Crippen molar-refractivity contribution in [2.24, 2.45) is 11.7 Å². The number of rotatable bonds is 8. The largest absolute Gasteiger partial charge is 0.363 e. The molecule has 0 aromatic carbocycles. The average molecular weight is 324 g/mol. The van der Waals surface area contributed by atoms with Gasteiger partial charge in [-0.3, -0.25) is 14.8 Å². The third-order valence-corrected chi connectivity index (χ3v) is 4.46. The second-order valence-electron chi connectivity index (χ2n) is 6.19. The molecule has 1 atom stereocenters. The van der Waals surface area contributed by atoms with Crippen molar-refractivity contribution in [3.05, 3.63) is 11.7 Å².